The van der Waals surface area contributed by atoms with Crippen molar-refractivity contribution < 1.29 is 51.0 Å². The van der Waals surface area contributed by atoms with Crippen molar-refractivity contribution in [1.29, 1.82) is 0 Å². The molecule has 1 heterocycles. The first kappa shape index (κ1) is 34.0. The first-order valence-electron chi connectivity index (χ1n) is 13.8. The molecule has 1 aliphatic rings. The summed E-state index contributed by atoms with van der Waals surface area (Å²) in [6.45, 7) is 3.96. The number of nitrogens with zero attached hydrogens (tertiary/aromatic N) is 1. The zero-order valence-electron chi connectivity index (χ0n) is 24.4. The van der Waals surface area contributed by atoms with Gasteiger partial charge in [0.05, 0.1) is 6.04 Å². The molecule has 3 amide bonds. The first-order valence-corrected chi connectivity index (χ1v) is 13.8. The maximum absolute atomic E-state index is 14.0. The minimum atomic E-state index is -1.84. The Balaban J connectivity index is 1.62. The fraction of sp³-hybridized carbons (Fsp3) is 0.433. The minimum Gasteiger partial charge on any atom is -0.479 e. The molecule has 238 valence electrons. The summed E-state index contributed by atoms with van der Waals surface area (Å²) in [5.41, 5.74) is -0.387. The van der Waals surface area contributed by atoms with E-state index in [0.29, 0.717) is 5.69 Å². The number of hydrogen-bond donors (Lipinski definition) is 2. The van der Waals surface area contributed by atoms with Crippen molar-refractivity contribution in [3.63, 3.8) is 0 Å². The molecule has 1 atom stereocenters. The number of nitrogens with one attached hydrogen (secondary N) is 2. The molecule has 44 heavy (non-hydrogen) atoms. The number of benzene rings is 2. The van der Waals surface area contributed by atoms with Crippen LogP contribution in [0.15, 0.2) is 36.4 Å². The fourth-order valence-corrected chi connectivity index (χ4v) is 4.37. The Hall–Kier alpha value is -4.49. The number of carbonyl (C=O) groups excluding carboxylic acids is 5. The number of likely N-dealkylation sites (tertiary alicyclic amines) is 1. The third kappa shape index (κ3) is 9.51. The van der Waals surface area contributed by atoms with Gasteiger partial charge in [0.1, 0.15) is 12.2 Å². The van der Waals surface area contributed by atoms with Crippen LogP contribution in [0.2, 0.25) is 0 Å². The van der Waals surface area contributed by atoms with Crippen LogP contribution in [0, 0.1) is 29.2 Å². The van der Waals surface area contributed by atoms with E-state index in [-0.39, 0.29) is 44.8 Å². The van der Waals surface area contributed by atoms with Gasteiger partial charge in [-0.25, -0.2) is 8.78 Å². The standard InChI is InChI=1S/C30H33F4N3O7/c1-30(2,3)44-23(39)10-9-21(22(38)16-43-26-24(33)19(31)15-20(32)25(26)34)36-27(40)17-11-13-37(14-12-17)29(42)28(41)35-18-7-5-4-6-8-18/h4-8,15,17,21H,9-14,16H2,1-3H3,(H,35,41)(H,36,40)/t21-/m0/s1. The van der Waals surface area contributed by atoms with E-state index in [0.717, 1.165) is 0 Å². The van der Waals surface area contributed by atoms with Crippen LogP contribution in [0.3, 0.4) is 0 Å². The summed E-state index contributed by atoms with van der Waals surface area (Å²) in [5.74, 6) is -13.1. The molecule has 1 aliphatic heterocycles. The Bertz CT molecular complexity index is 1360. The highest BCUT2D eigenvalue weighted by Gasteiger charge is 2.33. The van der Waals surface area contributed by atoms with Crippen LogP contribution < -0.4 is 15.4 Å². The molecule has 1 fully saturated rings. The van der Waals surface area contributed by atoms with Gasteiger partial charge in [-0.15, -0.1) is 0 Å². The highest BCUT2D eigenvalue weighted by atomic mass is 19.2. The van der Waals surface area contributed by atoms with Gasteiger partial charge in [0.15, 0.2) is 23.2 Å². The molecule has 0 aliphatic carbocycles. The van der Waals surface area contributed by atoms with Gasteiger partial charge in [-0.1, -0.05) is 18.2 Å². The molecule has 3 rings (SSSR count). The molecular formula is C30H33F4N3O7. The second-order valence-corrected chi connectivity index (χ2v) is 11.1. The lowest BCUT2D eigenvalue weighted by atomic mass is 9.94. The Labute approximate surface area is 251 Å². The monoisotopic (exact) mass is 623 g/mol. The summed E-state index contributed by atoms with van der Waals surface area (Å²) in [6, 6.07) is 6.97. The molecule has 0 radical (unpaired) electrons. The summed E-state index contributed by atoms with van der Waals surface area (Å²) < 4.78 is 65.1. The van der Waals surface area contributed by atoms with Crippen LogP contribution in [0.5, 0.6) is 5.75 Å². The molecule has 0 saturated carbocycles. The van der Waals surface area contributed by atoms with Crippen LogP contribution in [-0.4, -0.2) is 65.7 Å². The SMILES string of the molecule is CC(C)(C)OC(=O)CC[C@H](NC(=O)C1CCN(C(=O)C(=O)Nc2ccccc2)CC1)C(=O)COc1c(F)c(F)cc(F)c1F. The number of amides is 3. The topological polar surface area (TPSA) is 131 Å². The third-order valence-electron chi connectivity index (χ3n) is 6.57. The number of anilines is 1. The lowest BCUT2D eigenvalue weighted by molar-refractivity contribution is -0.155. The summed E-state index contributed by atoms with van der Waals surface area (Å²) >= 11 is 0. The minimum absolute atomic E-state index is 0.0161. The highest BCUT2D eigenvalue weighted by Crippen LogP contribution is 2.27. The Kier molecular flexibility index (Phi) is 11.4. The van der Waals surface area contributed by atoms with Crippen molar-refractivity contribution in [2.24, 2.45) is 5.92 Å². The first-order chi connectivity index (χ1) is 20.7. The van der Waals surface area contributed by atoms with E-state index in [1.807, 2.05) is 0 Å². The van der Waals surface area contributed by atoms with E-state index in [1.165, 1.54) is 4.90 Å². The van der Waals surface area contributed by atoms with Gasteiger partial charge in [0.2, 0.25) is 17.5 Å². The van der Waals surface area contributed by atoms with Crippen LogP contribution in [0.1, 0.15) is 46.5 Å². The number of piperidine rings is 1. The third-order valence-corrected chi connectivity index (χ3v) is 6.57. The number of para-hydroxylation sites is 1. The molecule has 2 aromatic carbocycles. The summed E-state index contributed by atoms with van der Waals surface area (Å²) in [6.07, 6.45) is -0.297. The molecule has 0 bridgehead atoms. The predicted octanol–water partition coefficient (Wildman–Crippen LogP) is 3.67. The summed E-state index contributed by atoms with van der Waals surface area (Å²) in [7, 11) is 0. The molecule has 1 saturated heterocycles. The van der Waals surface area contributed by atoms with E-state index in [2.05, 4.69) is 10.6 Å². The van der Waals surface area contributed by atoms with Crippen LogP contribution in [0.25, 0.3) is 0 Å². The average molecular weight is 624 g/mol. The Morgan fingerprint density at radius 2 is 1.55 bits per heavy atom. The van der Waals surface area contributed by atoms with Crippen LogP contribution in [-0.2, 0) is 28.7 Å². The van der Waals surface area contributed by atoms with E-state index in [9.17, 15) is 41.5 Å². The van der Waals surface area contributed by atoms with Gasteiger partial charge in [-0.05, 0) is 52.2 Å². The molecule has 0 spiro atoms. The van der Waals surface area contributed by atoms with Gasteiger partial charge < -0.3 is 25.0 Å². The molecule has 0 unspecified atom stereocenters. The fourth-order valence-electron chi connectivity index (χ4n) is 4.37. The van der Waals surface area contributed by atoms with Gasteiger partial charge in [0, 0.05) is 37.2 Å². The number of hydrogen-bond acceptors (Lipinski definition) is 7. The second kappa shape index (κ2) is 14.8. The molecule has 10 nitrogen and oxygen atoms in total. The highest BCUT2D eigenvalue weighted by molar-refractivity contribution is 6.39. The summed E-state index contributed by atoms with van der Waals surface area (Å²) in [5, 5.41) is 5.00. The smallest absolute Gasteiger partial charge is 0.313 e. The second-order valence-electron chi connectivity index (χ2n) is 11.1. The van der Waals surface area contributed by atoms with Gasteiger partial charge in [-0.3, -0.25) is 24.0 Å². The van der Waals surface area contributed by atoms with Crippen molar-refractivity contribution in [1.82, 2.24) is 10.2 Å². The van der Waals surface area contributed by atoms with Crippen molar-refractivity contribution >= 4 is 35.2 Å². The molecule has 0 aromatic heterocycles. The van der Waals surface area contributed by atoms with Gasteiger partial charge >= 0.3 is 17.8 Å². The van der Waals surface area contributed by atoms with Crippen molar-refractivity contribution in [2.75, 3.05) is 25.0 Å². The van der Waals surface area contributed by atoms with E-state index >= 15 is 0 Å². The van der Waals surface area contributed by atoms with Gasteiger partial charge in [0.25, 0.3) is 0 Å². The number of ketones is 1. The van der Waals surface area contributed by atoms with E-state index < -0.39 is 82.7 Å². The Morgan fingerprint density at radius 1 is 0.955 bits per heavy atom. The molecular weight excluding hydrogens is 590 g/mol. The quantitative estimate of drug-likeness (QED) is 0.179. The summed E-state index contributed by atoms with van der Waals surface area (Å²) in [4.78, 5) is 64.5. The zero-order chi connectivity index (χ0) is 32.6. The number of carbonyl (C=O) groups is 5. The van der Waals surface area contributed by atoms with Crippen molar-refractivity contribution in [3.05, 3.63) is 59.7 Å². The van der Waals surface area contributed by atoms with Crippen molar-refractivity contribution in [3.8, 4) is 5.75 Å². The zero-order valence-corrected chi connectivity index (χ0v) is 24.4. The Morgan fingerprint density at radius 3 is 2.11 bits per heavy atom. The maximum atomic E-state index is 14.0. The number of esters is 1. The van der Waals surface area contributed by atoms with E-state index in [4.69, 9.17) is 9.47 Å². The maximum Gasteiger partial charge on any atom is 0.313 e. The van der Waals surface area contributed by atoms with Crippen LogP contribution in [0.4, 0.5) is 23.2 Å². The largest absolute Gasteiger partial charge is 0.479 e. The number of halogens is 4. The van der Waals surface area contributed by atoms with Gasteiger partial charge in [-0.2, -0.15) is 8.78 Å². The number of Topliss-reactive ketones (excluding diaryl/α,β-unsaturated/α-hetero) is 1. The normalized spacial score (nSPS) is 14.4. The number of rotatable bonds is 10. The van der Waals surface area contributed by atoms with Crippen molar-refractivity contribution in [2.45, 2.75) is 58.1 Å². The molecule has 2 N–H and O–H groups in total. The number of ether oxygens (including phenoxy) is 2. The lowest BCUT2D eigenvalue weighted by Crippen LogP contribution is -2.50. The molecule has 2 aromatic rings. The van der Waals surface area contributed by atoms with Crippen LogP contribution >= 0.6 is 0 Å². The van der Waals surface area contributed by atoms with E-state index in [1.54, 1.807) is 51.1 Å². The average Bonchev–Trinajstić information content (AvgIpc) is 2.97. The molecule has 14 heteroatoms. The lowest BCUT2D eigenvalue weighted by Gasteiger charge is -2.31. The predicted molar refractivity (Wildman–Crippen MR) is 148 cm³/mol.